The molecule has 4 heterocycles. The summed E-state index contributed by atoms with van der Waals surface area (Å²) < 4.78 is 5.69. The van der Waals surface area contributed by atoms with Gasteiger partial charge in [0, 0.05) is 47.1 Å². The van der Waals surface area contributed by atoms with Crippen molar-refractivity contribution in [1.29, 1.82) is 0 Å². The van der Waals surface area contributed by atoms with Crippen molar-refractivity contribution in [3.63, 3.8) is 0 Å². The van der Waals surface area contributed by atoms with Crippen LogP contribution in [0.5, 0.6) is 0 Å². The zero-order valence-electron chi connectivity index (χ0n) is 58.3. The van der Waals surface area contributed by atoms with E-state index in [1.807, 2.05) is 18.6 Å². The summed E-state index contributed by atoms with van der Waals surface area (Å²) in [6, 6.07) is 114. The van der Waals surface area contributed by atoms with E-state index in [1.54, 1.807) is 6.26 Å². The first-order chi connectivity index (χ1) is 52.6. The van der Waals surface area contributed by atoms with Crippen LogP contribution in [0.3, 0.4) is 0 Å². The Labute approximate surface area is 614 Å². The number of aromatic nitrogens is 3. The Bertz CT molecular complexity index is 6680. The summed E-state index contributed by atoms with van der Waals surface area (Å²) >= 11 is 0. The van der Waals surface area contributed by atoms with Crippen LogP contribution in [0.4, 0.5) is 0 Å². The first-order valence-electron chi connectivity index (χ1n) is 36.9. The van der Waals surface area contributed by atoms with Crippen LogP contribution in [0.1, 0.15) is 63.2 Å². The van der Waals surface area contributed by atoms with E-state index < -0.39 is 0 Å². The molecule has 0 radical (unpaired) electrons. The molecule has 4 heteroatoms. The Kier molecular flexibility index (Phi) is 15.6. The van der Waals surface area contributed by atoms with Gasteiger partial charge < -0.3 is 4.42 Å². The van der Waals surface area contributed by atoms with Crippen molar-refractivity contribution < 1.29 is 4.42 Å². The van der Waals surface area contributed by atoms with Crippen molar-refractivity contribution in [2.45, 2.75) is 32.1 Å². The second-order valence-corrected chi connectivity index (χ2v) is 28.0. The molecule has 0 amide bonds. The Morgan fingerprint density at radius 2 is 0.726 bits per heavy atom. The van der Waals surface area contributed by atoms with Crippen molar-refractivity contribution in [1.82, 2.24) is 15.0 Å². The van der Waals surface area contributed by atoms with Gasteiger partial charge in [-0.1, -0.05) is 297 Å². The Morgan fingerprint density at radius 3 is 1.33 bits per heavy atom. The lowest BCUT2D eigenvalue weighted by Gasteiger charge is -2.24. The minimum absolute atomic E-state index is 0.854. The fourth-order valence-corrected chi connectivity index (χ4v) is 17.6. The van der Waals surface area contributed by atoms with Crippen molar-refractivity contribution in [2.75, 3.05) is 0 Å². The fraction of sp³-hybridized carbons (Fsp3) is 0.0490. The van der Waals surface area contributed by atoms with Gasteiger partial charge in [0.15, 0.2) is 0 Å². The predicted molar refractivity (Wildman–Crippen MR) is 445 cm³/mol. The highest BCUT2D eigenvalue weighted by atomic mass is 16.3. The number of rotatable bonds is 7. The van der Waals surface area contributed by atoms with Gasteiger partial charge in [0.25, 0.3) is 0 Å². The quantitative estimate of drug-likeness (QED) is 0.149. The van der Waals surface area contributed by atoms with E-state index in [4.69, 9.17) is 14.4 Å². The zero-order valence-corrected chi connectivity index (χ0v) is 58.3. The number of hydrogen-bond donors (Lipinski definition) is 0. The third-order valence-corrected chi connectivity index (χ3v) is 22.2. The van der Waals surface area contributed by atoms with Crippen molar-refractivity contribution in [3.05, 3.63) is 409 Å². The number of hydrogen-bond acceptors (Lipinski definition) is 4. The average molecular weight is 1350 g/mol. The smallest absolute Gasteiger partial charge is 0.115 e. The van der Waals surface area contributed by atoms with Crippen LogP contribution in [-0.4, -0.2) is 15.0 Å². The Morgan fingerprint density at radius 1 is 0.274 bits per heavy atom. The minimum Gasteiger partial charge on any atom is -0.468 e. The number of furan rings is 1. The first-order valence-corrected chi connectivity index (χ1v) is 36.9. The molecule has 0 saturated carbocycles. The van der Waals surface area contributed by atoms with Gasteiger partial charge in [-0.25, -0.2) is 4.98 Å². The minimum atomic E-state index is 0.854. The van der Waals surface area contributed by atoms with Crippen LogP contribution >= 0.6 is 0 Å². The molecule has 0 spiro atoms. The molecule has 3 aliphatic rings. The lowest BCUT2D eigenvalue weighted by Crippen LogP contribution is -2.04. The van der Waals surface area contributed by atoms with Crippen LogP contribution < -0.4 is 0 Å². The van der Waals surface area contributed by atoms with Crippen LogP contribution in [0.15, 0.2) is 363 Å². The number of aryl methyl sites for hydroxylation is 2. The van der Waals surface area contributed by atoms with Crippen LogP contribution in [-0.2, 0) is 19.3 Å². The molecular weight excluding hydrogens is 1280 g/mol. The van der Waals surface area contributed by atoms with Gasteiger partial charge in [-0.05, 0) is 226 Å². The van der Waals surface area contributed by atoms with Crippen molar-refractivity contribution in [2.24, 2.45) is 0 Å². The van der Waals surface area contributed by atoms with Gasteiger partial charge in [-0.15, -0.1) is 0 Å². The topological polar surface area (TPSA) is 51.8 Å². The molecule has 22 rings (SSSR count). The lowest BCUT2D eigenvalue weighted by molar-refractivity contribution is 0.524. The third kappa shape index (κ3) is 10.6. The zero-order chi connectivity index (χ0) is 70.0. The lowest BCUT2D eigenvalue weighted by atomic mass is 9.80. The van der Waals surface area contributed by atoms with Crippen LogP contribution in [0, 0.1) is 0 Å². The molecule has 4 nitrogen and oxygen atoms in total. The molecule has 0 saturated heterocycles. The number of nitrogens with zero attached hydrogens (tertiary/aromatic N) is 3. The molecule has 0 bridgehead atoms. The molecule has 0 atom stereocenters. The second-order valence-electron chi connectivity index (χ2n) is 28.0. The standard InChI is InChI=1S/C39H27N.C37H25N.C26H17NO/c1-2-14-30-26(10-1)11-7-19-31(30)27-21-23-28(24-22-27)37-32-15-3-5-17-34(32)38(35-18-6-4-16-33(35)37)36-20-8-12-29-13-9-25-40-39(29)36;1-3-12-26-24(10-1)20-22-28-27(26)17-9-18-29(28)36-30-13-4-6-15-32(30)37(33-16-7-5-14-31(33)36)35-23-21-25-11-2-8-19-34(25)38-35;1-3-7-21-19(5-1)25(17-11-14-27-15-12-17)20-6-2-4-8-22(20)26(21)23-9-10-24-18(23)13-16-28-24/h1-7,9-11,13-25H,8,12H2;1-8,10-16,18-23H,9,17H2;1-9,11-16H,10H2. The number of pyridine rings is 3. The van der Waals surface area contributed by atoms with E-state index >= 15 is 0 Å². The van der Waals surface area contributed by atoms with Gasteiger partial charge in [0.2, 0.25) is 0 Å². The summed E-state index contributed by atoms with van der Waals surface area (Å²) in [6.07, 6.45) is 19.7. The molecule has 106 heavy (non-hydrogen) atoms. The predicted octanol–water partition coefficient (Wildman–Crippen LogP) is 26.6. The maximum atomic E-state index is 5.69. The summed E-state index contributed by atoms with van der Waals surface area (Å²) in [5.41, 5.74) is 25.0. The van der Waals surface area contributed by atoms with Crippen LogP contribution in [0.25, 0.3) is 158 Å². The largest absolute Gasteiger partial charge is 0.468 e. The molecule has 0 unspecified atom stereocenters. The highest BCUT2D eigenvalue weighted by molar-refractivity contribution is 6.23. The molecule has 0 fully saturated rings. The average Bonchev–Trinajstić information content (AvgIpc) is 0.913. The molecule has 0 aliphatic heterocycles. The number of para-hydroxylation sites is 1. The van der Waals surface area contributed by atoms with E-state index in [0.717, 1.165) is 60.2 Å². The summed E-state index contributed by atoms with van der Waals surface area (Å²) in [6.45, 7) is 0. The molecule has 0 N–H and O–H groups in total. The van der Waals surface area contributed by atoms with Gasteiger partial charge in [-0.3, -0.25) is 9.97 Å². The van der Waals surface area contributed by atoms with E-state index in [0.29, 0.717) is 0 Å². The molecule has 3 aliphatic carbocycles. The third-order valence-electron chi connectivity index (χ3n) is 22.2. The fourth-order valence-electron chi connectivity index (χ4n) is 17.6. The highest BCUT2D eigenvalue weighted by Gasteiger charge is 2.27. The Hall–Kier alpha value is -13.4. The maximum Gasteiger partial charge on any atom is 0.115 e. The van der Waals surface area contributed by atoms with Crippen molar-refractivity contribution in [3.8, 4) is 44.6 Å². The van der Waals surface area contributed by atoms with Gasteiger partial charge >= 0.3 is 0 Å². The monoisotopic (exact) mass is 1350 g/mol. The van der Waals surface area contributed by atoms with E-state index in [2.05, 4.69) is 339 Å². The van der Waals surface area contributed by atoms with Crippen molar-refractivity contribution >= 4 is 114 Å². The SMILES string of the molecule is C1=C(c2c3ccccc3c(-c3ccc(-c4cccc5ccccc45)cc3)c3ccccc23)c2ncccc2CC1.C1=C(c2c3ccccc3c(-c3ccc4ccccc4n3)c3ccccc23)c2ccc3ccccc3c2CC1.C1=C(c2c3ccccc3c(-c3ccncc3)c3ccccc23)c2ccoc2C1. The number of fused-ring (bicyclic) bond motifs is 13. The van der Waals surface area contributed by atoms with E-state index in [9.17, 15) is 0 Å². The van der Waals surface area contributed by atoms with Crippen LogP contribution in [0.2, 0.25) is 0 Å². The van der Waals surface area contributed by atoms with E-state index in [-0.39, 0.29) is 0 Å². The molecule has 15 aromatic carbocycles. The molecule has 4 aromatic heterocycles. The van der Waals surface area contributed by atoms with Gasteiger partial charge in [0.05, 0.1) is 23.2 Å². The van der Waals surface area contributed by atoms with Gasteiger partial charge in [0.1, 0.15) is 5.76 Å². The molecular formula is C102H69N3O. The highest BCUT2D eigenvalue weighted by Crippen LogP contribution is 2.50. The summed E-state index contributed by atoms with van der Waals surface area (Å²) in [5, 5.41) is 21.6. The van der Waals surface area contributed by atoms with E-state index in [1.165, 1.54) is 181 Å². The molecule has 498 valence electrons. The summed E-state index contributed by atoms with van der Waals surface area (Å²) in [7, 11) is 0. The normalized spacial score (nSPS) is 13.1. The summed E-state index contributed by atoms with van der Waals surface area (Å²) in [4.78, 5) is 14.2. The Balaban J connectivity index is 0.000000107. The number of allylic oxidation sites excluding steroid dienone is 3. The summed E-state index contributed by atoms with van der Waals surface area (Å²) in [5.74, 6) is 1.06. The second kappa shape index (κ2) is 26.4. The first kappa shape index (κ1) is 62.4. The maximum absolute atomic E-state index is 5.69. The number of benzene rings is 15. The van der Waals surface area contributed by atoms with Gasteiger partial charge in [-0.2, -0.15) is 0 Å². The molecule has 19 aromatic rings.